The highest BCUT2D eigenvalue weighted by atomic mass is 35.5. The maximum Gasteiger partial charge on any atom is 0.227 e. The number of halogens is 2. The number of hydrogen-bond donors (Lipinski definition) is 0. The molecule has 0 radical (unpaired) electrons. The Morgan fingerprint density at radius 3 is 2.41 bits per heavy atom. The quantitative estimate of drug-likeness (QED) is 0.659. The molecule has 2 aromatic rings. The summed E-state index contributed by atoms with van der Waals surface area (Å²) in [5.74, 6) is -0.811. The Kier molecular flexibility index (Phi) is 7.02. The van der Waals surface area contributed by atoms with Crippen molar-refractivity contribution < 1.29 is 17.6 Å². The van der Waals surface area contributed by atoms with Crippen molar-refractivity contribution >= 4 is 33.2 Å². The van der Waals surface area contributed by atoms with Crippen molar-refractivity contribution in [3.63, 3.8) is 0 Å². The lowest BCUT2D eigenvalue weighted by Gasteiger charge is -2.39. The Labute approximate surface area is 193 Å². The molecule has 2 aliphatic heterocycles. The van der Waals surface area contributed by atoms with E-state index in [1.807, 2.05) is 4.90 Å². The fraction of sp³-hybridized carbons (Fsp3) is 0.435. The first-order valence-corrected chi connectivity index (χ1v) is 12.8. The summed E-state index contributed by atoms with van der Waals surface area (Å²) >= 11 is 6.14. The minimum absolute atomic E-state index is 0.0178. The first-order chi connectivity index (χ1) is 15.3. The van der Waals surface area contributed by atoms with Gasteiger partial charge >= 0.3 is 0 Å². The zero-order valence-electron chi connectivity index (χ0n) is 17.8. The molecule has 32 heavy (non-hydrogen) atoms. The predicted octanol–water partition coefficient (Wildman–Crippen LogP) is 3.37. The molecular weight excluding hydrogens is 453 g/mol. The van der Waals surface area contributed by atoms with Crippen molar-refractivity contribution in [2.75, 3.05) is 44.2 Å². The number of amides is 1. The number of anilines is 1. The van der Waals surface area contributed by atoms with E-state index >= 15 is 0 Å². The Bertz CT molecular complexity index is 1070. The average Bonchev–Trinajstić information content (AvgIpc) is 2.81. The molecule has 4 rings (SSSR count). The highest BCUT2D eigenvalue weighted by Gasteiger charge is 2.35. The van der Waals surface area contributed by atoms with E-state index in [2.05, 4.69) is 0 Å². The van der Waals surface area contributed by atoms with Gasteiger partial charge < -0.3 is 9.80 Å². The molecule has 1 unspecified atom stereocenters. The van der Waals surface area contributed by atoms with Gasteiger partial charge in [0.2, 0.25) is 15.9 Å². The van der Waals surface area contributed by atoms with E-state index < -0.39 is 10.0 Å². The van der Waals surface area contributed by atoms with Gasteiger partial charge in [0.05, 0.1) is 17.4 Å². The van der Waals surface area contributed by atoms with E-state index in [4.69, 9.17) is 11.6 Å². The van der Waals surface area contributed by atoms with Gasteiger partial charge in [0.25, 0.3) is 0 Å². The second kappa shape index (κ2) is 9.77. The maximum absolute atomic E-state index is 14.1. The van der Waals surface area contributed by atoms with Crippen molar-refractivity contribution in [3.05, 3.63) is 64.9 Å². The maximum atomic E-state index is 14.1. The Morgan fingerprint density at radius 1 is 1.00 bits per heavy atom. The molecule has 2 saturated heterocycles. The molecule has 0 bridgehead atoms. The topological polar surface area (TPSA) is 60.9 Å². The highest BCUT2D eigenvalue weighted by Crippen LogP contribution is 2.26. The van der Waals surface area contributed by atoms with Crippen LogP contribution in [-0.2, 0) is 20.6 Å². The van der Waals surface area contributed by atoms with Gasteiger partial charge in [-0.15, -0.1) is 0 Å². The molecule has 0 aromatic heterocycles. The van der Waals surface area contributed by atoms with Crippen LogP contribution in [0.3, 0.4) is 0 Å². The highest BCUT2D eigenvalue weighted by molar-refractivity contribution is 7.88. The number of hydrogen-bond acceptors (Lipinski definition) is 4. The molecule has 1 atom stereocenters. The summed E-state index contributed by atoms with van der Waals surface area (Å²) in [5, 5.41) is 0.424. The van der Waals surface area contributed by atoms with Crippen LogP contribution in [0.25, 0.3) is 0 Å². The molecule has 2 fully saturated rings. The summed E-state index contributed by atoms with van der Waals surface area (Å²) in [6, 6.07) is 13.6. The van der Waals surface area contributed by atoms with E-state index in [0.717, 1.165) is 0 Å². The number of nitrogens with zero attached hydrogens (tertiary/aromatic N) is 3. The minimum atomic E-state index is -3.58. The number of sulfonamides is 1. The number of para-hydroxylation sites is 1. The number of piperidine rings is 1. The standard InChI is InChI=1S/C23H27ClFN3O3S/c24-20-8-2-1-6-19(20)17-32(30,31)28-11-5-7-18(16-28)23(29)27-14-12-26(13-15-27)22-10-4-3-9-21(22)25/h1-4,6,8-10,18H,5,7,11-17H2. The van der Waals surface area contributed by atoms with Crippen LogP contribution in [0.15, 0.2) is 48.5 Å². The smallest absolute Gasteiger partial charge is 0.227 e. The third-order valence-electron chi connectivity index (χ3n) is 6.21. The van der Waals surface area contributed by atoms with E-state index in [-0.39, 0.29) is 29.9 Å². The third kappa shape index (κ3) is 5.08. The van der Waals surface area contributed by atoms with Crippen LogP contribution in [0.4, 0.5) is 10.1 Å². The summed E-state index contributed by atoms with van der Waals surface area (Å²) in [5.41, 5.74) is 1.11. The summed E-state index contributed by atoms with van der Waals surface area (Å²) in [7, 11) is -3.58. The van der Waals surface area contributed by atoms with Gasteiger partial charge in [-0.1, -0.05) is 41.9 Å². The first-order valence-electron chi connectivity index (χ1n) is 10.8. The largest absolute Gasteiger partial charge is 0.366 e. The molecule has 2 aliphatic rings. The lowest BCUT2D eigenvalue weighted by atomic mass is 9.97. The molecule has 6 nitrogen and oxygen atoms in total. The lowest BCUT2D eigenvalue weighted by Crippen LogP contribution is -2.53. The number of carbonyl (C=O) groups excluding carboxylic acids is 1. The van der Waals surface area contributed by atoms with Gasteiger partial charge in [-0.25, -0.2) is 17.1 Å². The van der Waals surface area contributed by atoms with Gasteiger partial charge in [0.1, 0.15) is 5.82 Å². The number of carbonyl (C=O) groups is 1. The van der Waals surface area contributed by atoms with Crippen molar-refractivity contribution in [3.8, 4) is 0 Å². The van der Waals surface area contributed by atoms with Crippen LogP contribution in [0.1, 0.15) is 18.4 Å². The first kappa shape index (κ1) is 23.0. The van der Waals surface area contributed by atoms with E-state index in [1.54, 1.807) is 47.4 Å². The lowest BCUT2D eigenvalue weighted by molar-refractivity contribution is -0.137. The van der Waals surface area contributed by atoms with E-state index in [1.165, 1.54) is 10.4 Å². The third-order valence-corrected chi connectivity index (χ3v) is 8.37. The number of piperazine rings is 1. The Balaban J connectivity index is 1.37. The molecular formula is C23H27ClFN3O3S. The van der Waals surface area contributed by atoms with Crippen molar-refractivity contribution in [1.29, 1.82) is 0 Å². The van der Waals surface area contributed by atoms with Gasteiger partial charge in [0.15, 0.2) is 0 Å². The Hall–Kier alpha value is -2.16. The minimum Gasteiger partial charge on any atom is -0.366 e. The van der Waals surface area contributed by atoms with Gasteiger partial charge in [-0.3, -0.25) is 4.79 Å². The normalized spacial score (nSPS) is 20.4. The number of benzene rings is 2. The summed E-state index contributed by atoms with van der Waals surface area (Å²) in [6.07, 6.45) is 1.32. The molecule has 172 valence electrons. The van der Waals surface area contributed by atoms with Gasteiger partial charge in [-0.2, -0.15) is 0 Å². The summed E-state index contributed by atoms with van der Waals surface area (Å²) < 4.78 is 41.5. The summed E-state index contributed by atoms with van der Waals surface area (Å²) in [4.78, 5) is 16.9. The molecule has 0 spiro atoms. The van der Waals surface area contributed by atoms with Gasteiger partial charge in [0, 0.05) is 44.3 Å². The van der Waals surface area contributed by atoms with Crippen LogP contribution in [-0.4, -0.2) is 62.8 Å². The van der Waals surface area contributed by atoms with Gasteiger partial charge in [-0.05, 0) is 36.6 Å². The SMILES string of the molecule is O=C(C1CCCN(S(=O)(=O)Cc2ccccc2Cl)C1)N1CCN(c2ccccc2F)CC1. The zero-order valence-corrected chi connectivity index (χ0v) is 19.4. The molecule has 0 N–H and O–H groups in total. The fourth-order valence-corrected chi connectivity index (χ4v) is 6.36. The summed E-state index contributed by atoms with van der Waals surface area (Å²) in [6.45, 7) is 2.70. The monoisotopic (exact) mass is 479 g/mol. The average molecular weight is 480 g/mol. The van der Waals surface area contributed by atoms with Crippen LogP contribution in [0.2, 0.25) is 5.02 Å². The predicted molar refractivity (Wildman–Crippen MR) is 124 cm³/mol. The van der Waals surface area contributed by atoms with Crippen LogP contribution < -0.4 is 4.90 Å². The van der Waals surface area contributed by atoms with Crippen molar-refractivity contribution in [2.24, 2.45) is 5.92 Å². The fourth-order valence-electron chi connectivity index (χ4n) is 4.43. The molecule has 0 aliphatic carbocycles. The van der Waals surface area contributed by atoms with E-state index in [9.17, 15) is 17.6 Å². The molecule has 2 aromatic carbocycles. The second-order valence-corrected chi connectivity index (χ2v) is 10.7. The molecule has 1 amide bonds. The Morgan fingerprint density at radius 2 is 1.69 bits per heavy atom. The van der Waals surface area contributed by atoms with Crippen LogP contribution in [0, 0.1) is 11.7 Å². The van der Waals surface area contributed by atoms with Crippen molar-refractivity contribution in [2.45, 2.75) is 18.6 Å². The number of rotatable bonds is 5. The van der Waals surface area contributed by atoms with Crippen LogP contribution >= 0.6 is 11.6 Å². The van der Waals surface area contributed by atoms with Crippen LogP contribution in [0.5, 0.6) is 0 Å². The van der Waals surface area contributed by atoms with E-state index in [0.29, 0.717) is 61.8 Å². The molecule has 2 heterocycles. The molecule has 9 heteroatoms. The zero-order chi connectivity index (χ0) is 22.7. The second-order valence-electron chi connectivity index (χ2n) is 8.31. The van der Waals surface area contributed by atoms with Crippen molar-refractivity contribution in [1.82, 2.24) is 9.21 Å². The molecule has 0 saturated carbocycles.